The Morgan fingerprint density at radius 3 is 2.34 bits per heavy atom. The van der Waals surface area contributed by atoms with E-state index in [0.29, 0.717) is 6.54 Å². The summed E-state index contributed by atoms with van der Waals surface area (Å²) in [7, 11) is 1.83. The van der Waals surface area contributed by atoms with Crippen LogP contribution in [-0.2, 0) is 22.5 Å². The molecular weight excluding hydrogens is 442 g/mol. The number of carbonyl (C=O) groups excluding carboxylic acids is 2. The molecule has 1 saturated heterocycles. The molecule has 0 N–H and O–H groups in total. The number of amides is 2. The van der Waals surface area contributed by atoms with E-state index in [0.717, 1.165) is 50.0 Å². The highest BCUT2D eigenvalue weighted by Crippen LogP contribution is 2.36. The molecule has 0 atom stereocenters. The van der Waals surface area contributed by atoms with Crippen LogP contribution in [0.15, 0.2) is 48.5 Å². The summed E-state index contributed by atoms with van der Waals surface area (Å²) in [6.45, 7) is 8.30. The molecule has 2 aromatic rings. The maximum absolute atomic E-state index is 12.9. The monoisotopic (exact) mass is 479 g/mol. The minimum atomic E-state index is -0.497. The first-order chi connectivity index (χ1) is 16.7. The van der Waals surface area contributed by atoms with E-state index in [1.807, 2.05) is 70.3 Å². The summed E-state index contributed by atoms with van der Waals surface area (Å²) in [5, 5.41) is 0. The molecule has 2 amide bonds. The number of carbonyl (C=O) groups is 2. The summed E-state index contributed by atoms with van der Waals surface area (Å²) < 4.78 is 11.2. The van der Waals surface area contributed by atoms with Gasteiger partial charge in [0, 0.05) is 38.4 Å². The average Bonchev–Trinajstić information content (AvgIpc) is 2.86. The third-order valence-corrected chi connectivity index (χ3v) is 6.69. The van der Waals surface area contributed by atoms with Crippen LogP contribution in [0.1, 0.15) is 51.2 Å². The van der Waals surface area contributed by atoms with Crippen molar-refractivity contribution in [3.63, 3.8) is 0 Å². The van der Waals surface area contributed by atoms with E-state index in [2.05, 4.69) is 11.0 Å². The number of benzene rings is 2. The van der Waals surface area contributed by atoms with Crippen molar-refractivity contribution in [1.29, 1.82) is 0 Å². The molecule has 0 radical (unpaired) electrons. The predicted octanol–water partition coefficient (Wildman–Crippen LogP) is 5.61. The fraction of sp³-hybridized carbons (Fsp3) is 0.500. The van der Waals surface area contributed by atoms with Crippen LogP contribution in [0.5, 0.6) is 0 Å². The highest BCUT2D eigenvalue weighted by atomic mass is 16.6. The molecule has 0 saturated carbocycles. The molecule has 2 aliphatic rings. The van der Waals surface area contributed by atoms with Crippen LogP contribution < -0.4 is 9.80 Å². The van der Waals surface area contributed by atoms with Crippen molar-refractivity contribution in [3.05, 3.63) is 59.7 Å². The molecular formula is C28H37N3O4. The standard InChI is InChI=1S/C28H37N3O4/c1-28(2,3)35-26(32)29(4)22-15-18-30(19-16-22)24-13-8-14-25-23(24)12-9-17-31(25)27(33)34-20-21-10-6-5-7-11-21/h5-8,10-11,13-14,22H,9,12,15-20H2,1-4H3. The normalized spacial score (nSPS) is 16.5. The Labute approximate surface area is 208 Å². The van der Waals surface area contributed by atoms with Crippen LogP contribution >= 0.6 is 0 Å². The highest BCUT2D eigenvalue weighted by Gasteiger charge is 2.31. The van der Waals surface area contributed by atoms with Gasteiger partial charge in [0.25, 0.3) is 0 Å². The number of piperidine rings is 1. The Bertz CT molecular complexity index is 1030. The smallest absolute Gasteiger partial charge is 0.414 e. The summed E-state index contributed by atoms with van der Waals surface area (Å²) in [5.74, 6) is 0. The summed E-state index contributed by atoms with van der Waals surface area (Å²) in [6.07, 6.45) is 3.03. The van der Waals surface area contributed by atoms with E-state index >= 15 is 0 Å². The van der Waals surface area contributed by atoms with E-state index in [1.165, 1.54) is 11.3 Å². The van der Waals surface area contributed by atoms with Gasteiger partial charge in [-0.1, -0.05) is 36.4 Å². The molecule has 7 nitrogen and oxygen atoms in total. The van der Waals surface area contributed by atoms with E-state index in [-0.39, 0.29) is 24.8 Å². The van der Waals surface area contributed by atoms with E-state index in [4.69, 9.17) is 9.47 Å². The number of ether oxygens (including phenoxy) is 2. The van der Waals surface area contributed by atoms with Gasteiger partial charge in [-0.15, -0.1) is 0 Å². The van der Waals surface area contributed by atoms with Gasteiger partial charge >= 0.3 is 12.2 Å². The topological polar surface area (TPSA) is 62.3 Å². The summed E-state index contributed by atoms with van der Waals surface area (Å²) in [6, 6.07) is 16.1. The zero-order valence-corrected chi connectivity index (χ0v) is 21.3. The maximum atomic E-state index is 12.9. The molecule has 2 aromatic carbocycles. The molecule has 0 aromatic heterocycles. The Kier molecular flexibility index (Phi) is 7.53. The number of nitrogens with zero attached hydrogens (tertiary/aromatic N) is 3. The molecule has 4 rings (SSSR count). The number of hydrogen-bond donors (Lipinski definition) is 0. The molecule has 0 bridgehead atoms. The Morgan fingerprint density at radius 2 is 1.66 bits per heavy atom. The van der Waals surface area contributed by atoms with Crippen LogP contribution in [0.4, 0.5) is 21.0 Å². The van der Waals surface area contributed by atoms with Gasteiger partial charge in [-0.05, 0) is 69.7 Å². The van der Waals surface area contributed by atoms with Crippen LogP contribution in [0.2, 0.25) is 0 Å². The number of rotatable bonds is 4. The second-order valence-corrected chi connectivity index (χ2v) is 10.4. The lowest BCUT2D eigenvalue weighted by Crippen LogP contribution is -2.47. The molecule has 0 unspecified atom stereocenters. The lowest BCUT2D eigenvalue weighted by atomic mass is 9.97. The van der Waals surface area contributed by atoms with E-state index in [9.17, 15) is 9.59 Å². The number of anilines is 2. The number of fused-ring (bicyclic) bond motifs is 1. The predicted molar refractivity (Wildman–Crippen MR) is 138 cm³/mol. The van der Waals surface area contributed by atoms with Crippen molar-refractivity contribution in [2.45, 2.75) is 64.7 Å². The second kappa shape index (κ2) is 10.6. The molecule has 1 fully saturated rings. The van der Waals surface area contributed by atoms with Crippen LogP contribution in [-0.4, -0.2) is 55.4 Å². The van der Waals surface area contributed by atoms with Crippen LogP contribution in [0.25, 0.3) is 0 Å². The maximum Gasteiger partial charge on any atom is 0.414 e. The summed E-state index contributed by atoms with van der Waals surface area (Å²) in [4.78, 5) is 31.3. The van der Waals surface area contributed by atoms with Crippen molar-refractivity contribution in [3.8, 4) is 0 Å². The zero-order chi connectivity index (χ0) is 25.0. The number of hydrogen-bond acceptors (Lipinski definition) is 5. The summed E-state index contributed by atoms with van der Waals surface area (Å²) in [5.41, 5.74) is 3.81. The molecule has 0 spiro atoms. The van der Waals surface area contributed by atoms with Gasteiger partial charge in [-0.25, -0.2) is 9.59 Å². The minimum absolute atomic E-state index is 0.158. The van der Waals surface area contributed by atoms with Gasteiger partial charge in [0.1, 0.15) is 12.2 Å². The Morgan fingerprint density at radius 1 is 0.971 bits per heavy atom. The Balaban J connectivity index is 1.41. The largest absolute Gasteiger partial charge is 0.444 e. The van der Waals surface area contributed by atoms with E-state index < -0.39 is 5.60 Å². The first-order valence-electron chi connectivity index (χ1n) is 12.5. The van der Waals surface area contributed by atoms with Gasteiger partial charge in [-0.2, -0.15) is 0 Å². The van der Waals surface area contributed by atoms with Crippen molar-refractivity contribution >= 4 is 23.6 Å². The lowest BCUT2D eigenvalue weighted by Gasteiger charge is -2.40. The fourth-order valence-corrected chi connectivity index (χ4v) is 4.87. The average molecular weight is 480 g/mol. The SMILES string of the molecule is CN(C(=O)OC(C)(C)C)C1CCN(c2cccc3c2CCCN3C(=O)OCc2ccccc2)CC1. The lowest BCUT2D eigenvalue weighted by molar-refractivity contribution is 0.0201. The Hall–Kier alpha value is -3.22. The minimum Gasteiger partial charge on any atom is -0.444 e. The molecule has 188 valence electrons. The quantitative estimate of drug-likeness (QED) is 0.570. The van der Waals surface area contributed by atoms with Crippen LogP contribution in [0.3, 0.4) is 0 Å². The van der Waals surface area contributed by atoms with Crippen LogP contribution in [0, 0.1) is 0 Å². The first kappa shape index (κ1) is 24.9. The van der Waals surface area contributed by atoms with Crippen molar-refractivity contribution in [2.24, 2.45) is 0 Å². The third-order valence-electron chi connectivity index (χ3n) is 6.69. The van der Waals surface area contributed by atoms with Crippen molar-refractivity contribution in [2.75, 3.05) is 36.5 Å². The molecule has 2 aliphatic heterocycles. The zero-order valence-electron chi connectivity index (χ0n) is 21.3. The van der Waals surface area contributed by atoms with Gasteiger partial charge in [0.2, 0.25) is 0 Å². The third kappa shape index (κ3) is 6.08. The molecule has 35 heavy (non-hydrogen) atoms. The second-order valence-electron chi connectivity index (χ2n) is 10.4. The summed E-state index contributed by atoms with van der Waals surface area (Å²) >= 11 is 0. The van der Waals surface area contributed by atoms with Crippen molar-refractivity contribution < 1.29 is 19.1 Å². The van der Waals surface area contributed by atoms with Crippen molar-refractivity contribution in [1.82, 2.24) is 4.90 Å². The van der Waals surface area contributed by atoms with Gasteiger partial charge < -0.3 is 19.3 Å². The van der Waals surface area contributed by atoms with Gasteiger partial charge in [-0.3, -0.25) is 4.90 Å². The van der Waals surface area contributed by atoms with Gasteiger partial charge in [0.05, 0.1) is 5.69 Å². The fourth-order valence-electron chi connectivity index (χ4n) is 4.87. The molecule has 0 aliphatic carbocycles. The van der Waals surface area contributed by atoms with E-state index in [1.54, 1.807) is 9.80 Å². The highest BCUT2D eigenvalue weighted by molar-refractivity contribution is 5.90. The molecule has 7 heteroatoms. The first-order valence-corrected chi connectivity index (χ1v) is 12.5. The van der Waals surface area contributed by atoms with Gasteiger partial charge in [0.15, 0.2) is 0 Å². The molecule has 2 heterocycles.